The van der Waals surface area contributed by atoms with E-state index in [0.717, 1.165) is 42.2 Å². The normalized spacial score (nSPS) is 18.5. The quantitative estimate of drug-likeness (QED) is 0.0247. The third kappa shape index (κ3) is 21.0. The first-order valence-corrected chi connectivity index (χ1v) is 33.2. The molecule has 1 aromatic carbocycles. The summed E-state index contributed by atoms with van der Waals surface area (Å²) in [6.45, 7) is 15.4. The zero-order valence-corrected chi connectivity index (χ0v) is 55.7. The Morgan fingerprint density at radius 3 is 1.96 bits per heavy atom. The first kappa shape index (κ1) is 74.2. The van der Waals surface area contributed by atoms with Gasteiger partial charge in [-0.3, -0.25) is 33.7 Å². The van der Waals surface area contributed by atoms with Crippen LogP contribution in [0.1, 0.15) is 101 Å². The molecule has 6 heterocycles. The summed E-state index contributed by atoms with van der Waals surface area (Å²) in [7, 11) is 0. The summed E-state index contributed by atoms with van der Waals surface area (Å²) < 4.78 is 69.7. The molecule has 30 nitrogen and oxygen atoms in total. The van der Waals surface area contributed by atoms with Gasteiger partial charge in [0, 0.05) is 47.9 Å². The van der Waals surface area contributed by atoms with Crippen molar-refractivity contribution < 1.29 is 95.5 Å². The number of aromatic nitrogens is 5. The number of nitrogens with one attached hydrogen (secondary N) is 3. The number of benzene rings is 1. The van der Waals surface area contributed by atoms with E-state index < -0.39 is 54.4 Å². The van der Waals surface area contributed by atoms with E-state index >= 15 is 0 Å². The highest BCUT2D eigenvalue weighted by molar-refractivity contribution is 6.03. The van der Waals surface area contributed by atoms with Gasteiger partial charge in [0.2, 0.25) is 35.1 Å². The lowest BCUT2D eigenvalue weighted by Crippen LogP contribution is -2.48. The van der Waals surface area contributed by atoms with Gasteiger partial charge in [0.25, 0.3) is 5.56 Å². The number of cyclic esters (lactones) is 1. The lowest BCUT2D eigenvalue weighted by Gasteiger charge is -2.35. The molecule has 30 heteroatoms. The van der Waals surface area contributed by atoms with Crippen molar-refractivity contribution in [1.29, 1.82) is 0 Å². The van der Waals surface area contributed by atoms with Gasteiger partial charge in [-0.05, 0) is 80.2 Å². The molecule has 528 valence electrons. The number of pyridine rings is 2. The van der Waals surface area contributed by atoms with Gasteiger partial charge in [-0.1, -0.05) is 39.8 Å². The summed E-state index contributed by atoms with van der Waals surface area (Å²) in [5.74, 6) is -2.31. The summed E-state index contributed by atoms with van der Waals surface area (Å²) in [4.78, 5) is 110. The van der Waals surface area contributed by atoms with Crippen LogP contribution < -0.4 is 21.5 Å². The Morgan fingerprint density at radius 2 is 1.36 bits per heavy atom. The number of amides is 5. The van der Waals surface area contributed by atoms with Crippen molar-refractivity contribution in [2.75, 3.05) is 139 Å². The number of ether oxygens (including phenoxy) is 12. The highest BCUT2D eigenvalue weighted by atomic mass is 16.7. The van der Waals surface area contributed by atoms with Crippen molar-refractivity contribution in [3.05, 3.63) is 68.8 Å². The van der Waals surface area contributed by atoms with E-state index in [4.69, 9.17) is 61.8 Å². The number of aromatic hydroxyl groups is 1. The summed E-state index contributed by atoms with van der Waals surface area (Å²) in [6, 6.07) is 5.84. The van der Waals surface area contributed by atoms with Crippen LogP contribution in [0.25, 0.3) is 22.3 Å². The number of aryl methyl sites for hydroxylation is 1. The largest absolute Gasteiger partial charge is 0.509 e. The van der Waals surface area contributed by atoms with Gasteiger partial charge in [-0.15, -0.1) is 5.10 Å². The molecule has 1 saturated carbocycles. The van der Waals surface area contributed by atoms with E-state index in [0.29, 0.717) is 141 Å². The number of hydrogen-bond donors (Lipinski definition) is 4. The Bertz CT molecular complexity index is 3320. The minimum absolute atomic E-state index is 0.0149. The van der Waals surface area contributed by atoms with Crippen molar-refractivity contribution in [3.8, 4) is 17.1 Å². The number of fused-ring (bicyclic) bond motifs is 5. The van der Waals surface area contributed by atoms with Crippen LogP contribution in [0.5, 0.6) is 5.75 Å². The molecule has 4 aromatic rings. The third-order valence-electron chi connectivity index (χ3n) is 17.2. The Labute approximate surface area is 557 Å². The summed E-state index contributed by atoms with van der Waals surface area (Å²) in [6.07, 6.45) is 4.44. The van der Waals surface area contributed by atoms with Gasteiger partial charge in [0.15, 0.2) is 0 Å². The molecule has 1 saturated heterocycles. The molecule has 3 unspecified atom stereocenters. The molecule has 3 aromatic heterocycles. The van der Waals surface area contributed by atoms with E-state index in [1.165, 1.54) is 4.90 Å². The molecule has 2 fully saturated rings. The van der Waals surface area contributed by atoms with Gasteiger partial charge >= 0.3 is 12.1 Å². The average Bonchev–Trinajstić information content (AvgIpc) is 1.54. The maximum atomic E-state index is 14.1. The maximum Gasteiger partial charge on any atom is 0.509 e. The summed E-state index contributed by atoms with van der Waals surface area (Å²) in [5, 5.41) is 27.6. The Kier molecular flexibility index (Phi) is 29.3. The number of hydrogen-bond acceptors (Lipinski definition) is 24. The van der Waals surface area contributed by atoms with Crippen LogP contribution in [0.3, 0.4) is 0 Å². The lowest BCUT2D eigenvalue weighted by molar-refractivity contribution is -0.175. The van der Waals surface area contributed by atoms with E-state index in [1.807, 2.05) is 6.92 Å². The van der Waals surface area contributed by atoms with Crippen molar-refractivity contribution in [1.82, 2.24) is 45.4 Å². The summed E-state index contributed by atoms with van der Waals surface area (Å²) >= 11 is 0. The number of rotatable bonds is 43. The summed E-state index contributed by atoms with van der Waals surface area (Å²) in [5.41, 5.74) is 1.92. The van der Waals surface area contributed by atoms with Gasteiger partial charge < -0.3 is 82.5 Å². The highest BCUT2D eigenvalue weighted by Gasteiger charge is 2.51. The molecule has 96 heavy (non-hydrogen) atoms. The third-order valence-corrected chi connectivity index (χ3v) is 17.2. The lowest BCUT2D eigenvalue weighted by atomic mass is 9.81. The predicted octanol–water partition coefficient (Wildman–Crippen LogP) is 3.02. The maximum absolute atomic E-state index is 14.1. The molecule has 8 rings (SSSR count). The van der Waals surface area contributed by atoms with Crippen molar-refractivity contribution >= 4 is 52.6 Å². The molecule has 0 bridgehead atoms. The van der Waals surface area contributed by atoms with E-state index in [2.05, 4.69) is 26.3 Å². The first-order chi connectivity index (χ1) is 46.5. The fraction of sp³-hybridized carbons (Fsp3) is 0.652. The van der Waals surface area contributed by atoms with Crippen LogP contribution in [0.2, 0.25) is 0 Å². The van der Waals surface area contributed by atoms with Crippen LogP contribution in [0, 0.1) is 23.7 Å². The molecule has 0 radical (unpaired) electrons. The molecule has 1 aliphatic carbocycles. The Hall–Kier alpha value is -7.55. The Balaban J connectivity index is 0.555. The van der Waals surface area contributed by atoms with Gasteiger partial charge in [0.05, 0.1) is 160 Å². The number of phenols is 1. The number of phenolic OH excluding ortho intramolecular Hbond substituents is 1. The molecular weight excluding hydrogens is 1250 g/mol. The molecule has 3 atom stereocenters. The monoisotopic (exact) mass is 1350 g/mol. The minimum atomic E-state index is -2.02. The van der Waals surface area contributed by atoms with Crippen LogP contribution >= 0.6 is 0 Å². The van der Waals surface area contributed by atoms with Crippen LogP contribution in [0.4, 0.5) is 4.79 Å². The van der Waals surface area contributed by atoms with Crippen molar-refractivity contribution in [2.45, 2.75) is 117 Å². The number of imide groups is 1. The van der Waals surface area contributed by atoms with Gasteiger partial charge in [-0.25, -0.2) is 19.3 Å². The standard InChI is InChI=1S/C66H93N9O21/c1-6-49-50-33-48(76)12-13-54(50)70-60-51(49)38-74-56(60)34-53-52(63(74)82)39-94-64(83)66(53,7-2)96-65(84)95-40-55(43(3)4)69-58(78)42-93-41-57(77)67-14-16-85-18-20-87-22-24-89-26-28-91-30-31-92-29-27-90-25-23-88-21-19-86-17-15-73-37-47(71-72-73)35-68-61(80)46-10-8-45(9-11-46)36-75-59(79)32-44(5)62(75)81/h12-13,33-34,37,43-46,55,76H,6-11,14-32,35-36,38-42H2,1-5H3,(H,67,77)(H,68,80)(H,69,78). The zero-order chi connectivity index (χ0) is 68.4. The number of nitrogens with zero attached hydrogens (tertiary/aromatic N) is 6. The molecular formula is C66H93N9O21. The van der Waals surface area contributed by atoms with Crippen LogP contribution in [-0.2, 0) is 124 Å². The van der Waals surface area contributed by atoms with E-state index in [9.17, 15) is 43.5 Å². The molecule has 4 N–H and O–H groups in total. The fourth-order valence-corrected chi connectivity index (χ4v) is 11.8. The van der Waals surface area contributed by atoms with Gasteiger partial charge in [0.1, 0.15) is 37.9 Å². The average molecular weight is 1350 g/mol. The Morgan fingerprint density at radius 1 is 0.750 bits per heavy atom. The van der Waals surface area contributed by atoms with Crippen molar-refractivity contribution in [2.24, 2.45) is 23.7 Å². The minimum Gasteiger partial charge on any atom is -0.508 e. The topological polar surface area (TPSA) is 355 Å². The number of likely N-dealkylation sites (tertiary alicyclic amines) is 1. The fourth-order valence-electron chi connectivity index (χ4n) is 11.8. The number of esters is 1. The molecule has 4 aliphatic rings. The predicted molar refractivity (Wildman–Crippen MR) is 341 cm³/mol. The van der Waals surface area contributed by atoms with Crippen LogP contribution in [-0.4, -0.2) is 221 Å². The second-order valence-corrected chi connectivity index (χ2v) is 24.2. The SMILES string of the molecule is CCc1c2c(nc3ccc(O)cc13)-c1cc3c(c(=O)n1C2)COC(=O)C3(CC)OC(=O)OCC(NC(=O)COCC(=O)NCCOCCOCCOCCOCCOCCOCCOCCOCCn1cc(CNC(=O)C2CCC(CN3C(=O)CC(C)C3=O)CC2)nn1)C(C)C. The van der Waals surface area contributed by atoms with Crippen molar-refractivity contribution in [3.63, 3.8) is 0 Å². The molecule has 5 amide bonds. The highest BCUT2D eigenvalue weighted by Crippen LogP contribution is 2.43. The number of carbonyl (C=O) groups excluding carboxylic acids is 7. The second-order valence-electron chi connectivity index (χ2n) is 24.2. The van der Waals surface area contributed by atoms with E-state index in [1.54, 1.807) is 67.4 Å². The smallest absolute Gasteiger partial charge is 0.508 e. The number of carbonyl (C=O) groups is 7. The second kappa shape index (κ2) is 37.8. The van der Waals surface area contributed by atoms with Gasteiger partial charge in [-0.2, -0.15) is 0 Å². The van der Waals surface area contributed by atoms with E-state index in [-0.39, 0.29) is 111 Å². The van der Waals surface area contributed by atoms with Crippen LogP contribution in [0.15, 0.2) is 35.3 Å². The zero-order valence-electron chi connectivity index (χ0n) is 55.7. The first-order valence-electron chi connectivity index (χ1n) is 33.2. The molecule has 3 aliphatic heterocycles. The molecule has 0 spiro atoms.